The molecular weight excluding hydrogens is 280 g/mol. The van der Waals surface area contributed by atoms with Gasteiger partial charge in [0.2, 0.25) is 0 Å². The van der Waals surface area contributed by atoms with Gasteiger partial charge in [0.15, 0.2) is 15.6 Å². The van der Waals surface area contributed by atoms with Crippen LogP contribution in [0.15, 0.2) is 22.7 Å². The highest BCUT2D eigenvalue weighted by Gasteiger charge is 2.13. The Hall–Kier alpha value is -0.680. The van der Waals surface area contributed by atoms with Crippen molar-refractivity contribution in [3.63, 3.8) is 0 Å². The first-order valence-electron chi connectivity index (χ1n) is 4.26. The fourth-order valence-corrected chi connectivity index (χ4v) is 2.47. The maximum atomic E-state index is 11.6. The first kappa shape index (κ1) is 12.4. The molecule has 0 aromatic heterocycles. The van der Waals surface area contributed by atoms with Crippen molar-refractivity contribution in [1.29, 1.82) is 0 Å². The number of Topliss-reactive ketones (excluding diaryl/α,β-unsaturated/α-hetero) is 1. The summed E-state index contributed by atoms with van der Waals surface area (Å²) in [5, 5.41) is 0. The summed E-state index contributed by atoms with van der Waals surface area (Å²) in [7, 11) is -3.26. The summed E-state index contributed by atoms with van der Waals surface area (Å²) < 4.78 is 22.7. The van der Waals surface area contributed by atoms with E-state index in [1.54, 1.807) is 12.1 Å². The van der Waals surface area contributed by atoms with Crippen molar-refractivity contribution in [1.82, 2.24) is 0 Å². The molecule has 1 aromatic carbocycles. The van der Waals surface area contributed by atoms with Crippen LogP contribution in [-0.2, 0) is 9.84 Å². The molecule has 0 aliphatic carbocycles. The minimum Gasteiger partial charge on any atom is -0.293 e. The maximum absolute atomic E-state index is 11.6. The standard InChI is InChI=1S/C10H11BrO3S/c1-7-3-8(5-9(11)4-7)10(12)6-15(2,13)14/h3-5H,6H2,1-2H3. The number of rotatable bonds is 3. The van der Waals surface area contributed by atoms with Crippen LogP contribution < -0.4 is 0 Å². The minimum atomic E-state index is -3.26. The Morgan fingerprint density at radius 3 is 2.40 bits per heavy atom. The predicted octanol–water partition coefficient (Wildman–Crippen LogP) is 1.98. The lowest BCUT2D eigenvalue weighted by Crippen LogP contribution is -2.14. The molecule has 0 amide bonds. The zero-order valence-electron chi connectivity index (χ0n) is 8.45. The van der Waals surface area contributed by atoms with Crippen LogP contribution in [0.4, 0.5) is 0 Å². The molecule has 0 spiro atoms. The van der Waals surface area contributed by atoms with Gasteiger partial charge in [-0.25, -0.2) is 8.42 Å². The number of hydrogen-bond donors (Lipinski definition) is 0. The van der Waals surface area contributed by atoms with Gasteiger partial charge in [-0.2, -0.15) is 0 Å². The summed E-state index contributed by atoms with van der Waals surface area (Å²) in [4.78, 5) is 11.6. The predicted molar refractivity (Wildman–Crippen MR) is 62.9 cm³/mol. The van der Waals surface area contributed by atoms with Gasteiger partial charge in [-0.3, -0.25) is 4.79 Å². The average Bonchev–Trinajstić information content (AvgIpc) is 1.98. The van der Waals surface area contributed by atoms with Crippen LogP contribution in [0.1, 0.15) is 15.9 Å². The molecule has 1 rings (SSSR count). The molecule has 0 aliphatic rings. The second-order valence-corrected chi connectivity index (χ2v) is 6.57. The van der Waals surface area contributed by atoms with Gasteiger partial charge < -0.3 is 0 Å². The monoisotopic (exact) mass is 290 g/mol. The smallest absolute Gasteiger partial charge is 0.177 e. The largest absolute Gasteiger partial charge is 0.293 e. The number of benzene rings is 1. The van der Waals surface area contributed by atoms with Gasteiger partial charge in [0.1, 0.15) is 5.75 Å². The van der Waals surface area contributed by atoms with E-state index in [-0.39, 0.29) is 5.78 Å². The number of halogens is 1. The fourth-order valence-electron chi connectivity index (χ4n) is 1.22. The third-order valence-corrected chi connectivity index (χ3v) is 3.00. The zero-order chi connectivity index (χ0) is 11.6. The molecule has 0 radical (unpaired) electrons. The van der Waals surface area contributed by atoms with Gasteiger partial charge in [-0.15, -0.1) is 0 Å². The van der Waals surface area contributed by atoms with Crippen molar-refractivity contribution in [2.24, 2.45) is 0 Å². The van der Waals surface area contributed by atoms with E-state index < -0.39 is 15.6 Å². The van der Waals surface area contributed by atoms with Crippen molar-refractivity contribution in [3.05, 3.63) is 33.8 Å². The van der Waals surface area contributed by atoms with E-state index in [9.17, 15) is 13.2 Å². The molecule has 0 bridgehead atoms. The Morgan fingerprint density at radius 2 is 1.93 bits per heavy atom. The average molecular weight is 291 g/mol. The van der Waals surface area contributed by atoms with Gasteiger partial charge in [0.05, 0.1) is 0 Å². The van der Waals surface area contributed by atoms with Crippen molar-refractivity contribution >= 4 is 31.6 Å². The van der Waals surface area contributed by atoms with Gasteiger partial charge in [-0.05, 0) is 30.7 Å². The summed E-state index contributed by atoms with van der Waals surface area (Å²) in [5.41, 5.74) is 1.34. The van der Waals surface area contributed by atoms with E-state index in [2.05, 4.69) is 15.9 Å². The van der Waals surface area contributed by atoms with Crippen molar-refractivity contribution in [2.45, 2.75) is 6.92 Å². The lowest BCUT2D eigenvalue weighted by atomic mass is 10.1. The Bertz CT molecular complexity index is 471. The minimum absolute atomic E-state index is 0.373. The lowest BCUT2D eigenvalue weighted by Gasteiger charge is -2.02. The Kier molecular flexibility index (Phi) is 3.67. The number of carbonyl (C=O) groups excluding carboxylic acids is 1. The zero-order valence-corrected chi connectivity index (χ0v) is 10.9. The third kappa shape index (κ3) is 4.13. The molecule has 0 aliphatic heterocycles. The number of aryl methyl sites for hydroxylation is 1. The molecule has 0 N–H and O–H groups in total. The van der Waals surface area contributed by atoms with Crippen LogP contribution in [0.2, 0.25) is 0 Å². The molecule has 0 saturated heterocycles. The van der Waals surface area contributed by atoms with E-state index >= 15 is 0 Å². The van der Waals surface area contributed by atoms with Crippen LogP contribution in [0.5, 0.6) is 0 Å². The molecule has 0 unspecified atom stereocenters. The normalized spacial score (nSPS) is 11.4. The van der Waals surface area contributed by atoms with Gasteiger partial charge in [0, 0.05) is 16.3 Å². The highest BCUT2D eigenvalue weighted by Crippen LogP contribution is 2.16. The number of sulfone groups is 1. The summed E-state index contributed by atoms with van der Waals surface area (Å²) >= 11 is 3.26. The molecule has 0 atom stereocenters. The summed E-state index contributed by atoms with van der Waals surface area (Å²) in [6.45, 7) is 1.85. The summed E-state index contributed by atoms with van der Waals surface area (Å²) in [5.74, 6) is -0.815. The summed E-state index contributed by atoms with van der Waals surface area (Å²) in [6.07, 6.45) is 1.05. The van der Waals surface area contributed by atoms with Gasteiger partial charge in [-0.1, -0.05) is 15.9 Å². The van der Waals surface area contributed by atoms with E-state index in [1.807, 2.05) is 13.0 Å². The SMILES string of the molecule is Cc1cc(Br)cc(C(=O)CS(C)(=O)=O)c1. The van der Waals surface area contributed by atoms with Gasteiger partial charge in [0.25, 0.3) is 0 Å². The van der Waals surface area contributed by atoms with E-state index in [4.69, 9.17) is 0 Å². The molecular formula is C10H11BrO3S. The Balaban J connectivity index is 3.02. The van der Waals surface area contributed by atoms with E-state index in [0.717, 1.165) is 16.3 Å². The maximum Gasteiger partial charge on any atom is 0.177 e. The number of carbonyl (C=O) groups is 1. The Labute approximate surface area is 97.5 Å². The van der Waals surface area contributed by atoms with Crippen LogP contribution in [0.25, 0.3) is 0 Å². The number of ketones is 1. The third-order valence-electron chi connectivity index (χ3n) is 1.76. The van der Waals surface area contributed by atoms with Gasteiger partial charge >= 0.3 is 0 Å². The molecule has 0 saturated carbocycles. The molecule has 3 nitrogen and oxygen atoms in total. The van der Waals surface area contributed by atoms with Crippen LogP contribution in [-0.4, -0.2) is 26.2 Å². The van der Waals surface area contributed by atoms with E-state index in [0.29, 0.717) is 5.56 Å². The lowest BCUT2D eigenvalue weighted by molar-refractivity contribution is 0.102. The van der Waals surface area contributed by atoms with Crippen LogP contribution >= 0.6 is 15.9 Å². The fraction of sp³-hybridized carbons (Fsp3) is 0.300. The highest BCUT2D eigenvalue weighted by molar-refractivity contribution is 9.10. The molecule has 1 aromatic rings. The molecule has 5 heteroatoms. The second-order valence-electron chi connectivity index (χ2n) is 3.51. The quantitative estimate of drug-likeness (QED) is 0.800. The first-order chi connectivity index (χ1) is 6.78. The van der Waals surface area contributed by atoms with Crippen LogP contribution in [0.3, 0.4) is 0 Å². The number of hydrogen-bond acceptors (Lipinski definition) is 3. The highest BCUT2D eigenvalue weighted by atomic mass is 79.9. The molecule has 0 fully saturated rings. The second kappa shape index (κ2) is 4.45. The van der Waals surface area contributed by atoms with E-state index in [1.165, 1.54) is 0 Å². The Morgan fingerprint density at radius 1 is 1.33 bits per heavy atom. The van der Waals surface area contributed by atoms with Crippen molar-refractivity contribution < 1.29 is 13.2 Å². The molecule has 0 heterocycles. The topological polar surface area (TPSA) is 51.2 Å². The molecule has 15 heavy (non-hydrogen) atoms. The van der Waals surface area contributed by atoms with Crippen LogP contribution in [0, 0.1) is 6.92 Å². The summed E-state index contributed by atoms with van der Waals surface area (Å²) in [6, 6.07) is 5.16. The van der Waals surface area contributed by atoms with Crippen molar-refractivity contribution in [2.75, 3.05) is 12.0 Å². The molecule has 82 valence electrons. The first-order valence-corrected chi connectivity index (χ1v) is 7.11. The van der Waals surface area contributed by atoms with Crippen molar-refractivity contribution in [3.8, 4) is 0 Å².